The number of primary amides is 1. The summed E-state index contributed by atoms with van der Waals surface area (Å²) in [5.74, 6) is 1.09. The largest absolute Gasteiger partial charge is 0.364 e. The second-order valence-electron chi connectivity index (χ2n) is 9.06. The van der Waals surface area contributed by atoms with Gasteiger partial charge in [0.2, 0.25) is 0 Å². The summed E-state index contributed by atoms with van der Waals surface area (Å²) in [6, 6.07) is -0.684. The fraction of sp³-hybridized carbons (Fsp3) is 0.885. The minimum atomic E-state index is -0.398. The van der Waals surface area contributed by atoms with Gasteiger partial charge in [-0.3, -0.25) is 9.59 Å². The van der Waals surface area contributed by atoms with Crippen LogP contribution in [0.3, 0.4) is 0 Å². The zero-order valence-corrected chi connectivity index (χ0v) is 24.5. The first kappa shape index (κ1) is 36.4. The van der Waals surface area contributed by atoms with Crippen LogP contribution < -0.4 is 22.5 Å². The van der Waals surface area contributed by atoms with Crippen molar-refractivity contribution in [1.82, 2.24) is 5.32 Å². The molecule has 2 atom stereocenters. The summed E-state index contributed by atoms with van der Waals surface area (Å²) in [4.78, 5) is 33.9. The Hall–Kier alpha value is -0.770. The van der Waals surface area contributed by atoms with E-state index in [1.165, 1.54) is 92.2 Å². The monoisotopic (exact) mass is 540 g/mol. The van der Waals surface area contributed by atoms with E-state index in [1.807, 2.05) is 13.8 Å². The normalized spacial score (nSPS) is 12.4. The number of Topliss-reactive ketones (excluding diaryl/α,β-unsaturated/α-hetero) is 1. The summed E-state index contributed by atoms with van der Waals surface area (Å²) in [6.45, 7) is 6.40. The van der Waals surface area contributed by atoms with Crippen LogP contribution >= 0.6 is 21.6 Å². The van der Waals surface area contributed by atoms with Gasteiger partial charge < -0.3 is 27.3 Å². The molecule has 2 amide bonds. The van der Waals surface area contributed by atoms with Gasteiger partial charge in [0.1, 0.15) is 5.78 Å². The highest BCUT2D eigenvalue weighted by atomic mass is 33.1. The Labute approximate surface area is 226 Å². The molecule has 0 saturated heterocycles. The molecular formula is C26H60N4O3S2+2. The second kappa shape index (κ2) is 27.8. The summed E-state index contributed by atoms with van der Waals surface area (Å²) in [6.07, 6.45) is 18.4. The van der Waals surface area contributed by atoms with E-state index in [4.69, 9.17) is 5.73 Å². The fourth-order valence-corrected chi connectivity index (χ4v) is 5.79. The SMILES string of the molecule is CC.CC(=O)CCCCCCCCCCCCCCCCNC(=O)C([NH3+])CSSCC([NH3+])C(N)=O.[HH].[HH]. The highest BCUT2D eigenvalue weighted by Crippen LogP contribution is 2.21. The molecule has 0 aromatic carbocycles. The van der Waals surface area contributed by atoms with E-state index in [-0.39, 0.29) is 14.8 Å². The fourth-order valence-electron chi connectivity index (χ4n) is 3.39. The molecule has 212 valence electrons. The molecule has 0 fully saturated rings. The zero-order valence-electron chi connectivity index (χ0n) is 22.9. The average Bonchev–Trinajstić information content (AvgIpc) is 2.84. The molecule has 0 aliphatic heterocycles. The zero-order chi connectivity index (χ0) is 26.7. The van der Waals surface area contributed by atoms with Crippen LogP contribution in [0, 0.1) is 0 Å². The van der Waals surface area contributed by atoms with Gasteiger partial charge in [-0.2, -0.15) is 0 Å². The molecule has 0 aromatic heterocycles. The smallest absolute Gasteiger partial charge is 0.279 e. The molecule has 2 unspecified atom stereocenters. The highest BCUT2D eigenvalue weighted by molar-refractivity contribution is 8.76. The minimum Gasteiger partial charge on any atom is -0.364 e. The molecule has 0 heterocycles. The van der Waals surface area contributed by atoms with Crippen molar-refractivity contribution < 1.29 is 28.7 Å². The third kappa shape index (κ3) is 27.7. The summed E-state index contributed by atoms with van der Waals surface area (Å²) in [5, 5.41) is 2.98. The molecule has 0 saturated carbocycles. The van der Waals surface area contributed by atoms with Crippen LogP contribution in [0.5, 0.6) is 0 Å². The Morgan fingerprint density at radius 3 is 1.49 bits per heavy atom. The molecule has 0 rings (SSSR count). The predicted molar refractivity (Wildman–Crippen MR) is 156 cm³/mol. The van der Waals surface area contributed by atoms with Crippen molar-refractivity contribution in [1.29, 1.82) is 0 Å². The number of nitrogens with one attached hydrogen (secondary N) is 1. The van der Waals surface area contributed by atoms with Gasteiger partial charge in [-0.15, -0.1) is 0 Å². The molecule has 0 aromatic rings. The van der Waals surface area contributed by atoms with Crippen molar-refractivity contribution in [2.24, 2.45) is 5.73 Å². The van der Waals surface area contributed by atoms with Crippen molar-refractivity contribution >= 4 is 39.2 Å². The first-order chi connectivity index (χ1) is 16.8. The molecule has 35 heavy (non-hydrogen) atoms. The molecule has 0 aliphatic rings. The van der Waals surface area contributed by atoms with E-state index in [9.17, 15) is 14.4 Å². The maximum Gasteiger partial charge on any atom is 0.279 e. The molecule has 9 heteroatoms. The third-order valence-electron chi connectivity index (χ3n) is 5.65. The molecule has 0 radical (unpaired) electrons. The van der Waals surface area contributed by atoms with Gasteiger partial charge >= 0.3 is 0 Å². The van der Waals surface area contributed by atoms with Crippen molar-refractivity contribution in [3.63, 3.8) is 0 Å². The van der Waals surface area contributed by atoms with Gasteiger partial charge in [-0.25, -0.2) is 0 Å². The lowest BCUT2D eigenvalue weighted by Gasteiger charge is -2.09. The molecule has 9 N–H and O–H groups in total. The van der Waals surface area contributed by atoms with Crippen LogP contribution in [0.2, 0.25) is 0 Å². The first-order valence-corrected chi connectivity index (χ1v) is 16.3. The number of quaternary nitrogens is 2. The maximum absolute atomic E-state index is 12.1. The van der Waals surface area contributed by atoms with Crippen LogP contribution in [0.15, 0.2) is 0 Å². The maximum atomic E-state index is 12.1. The minimum absolute atomic E-state index is 0. The number of carbonyl (C=O) groups excluding carboxylic acids is 3. The molecule has 0 spiro atoms. The van der Waals surface area contributed by atoms with Gasteiger partial charge in [0.15, 0.2) is 12.1 Å². The molecule has 0 bridgehead atoms. The Balaban J connectivity index is -0.00000132. The van der Waals surface area contributed by atoms with Gasteiger partial charge in [0.05, 0.1) is 11.5 Å². The second-order valence-corrected chi connectivity index (χ2v) is 11.6. The number of nitrogens with two attached hydrogens (primary N) is 1. The topological polar surface area (TPSA) is 145 Å². The third-order valence-corrected chi connectivity index (χ3v) is 8.21. The summed E-state index contributed by atoms with van der Waals surface area (Å²) in [7, 11) is 3.05. The van der Waals surface area contributed by atoms with E-state index in [0.717, 1.165) is 32.2 Å². The number of hydrogen-bond donors (Lipinski definition) is 4. The van der Waals surface area contributed by atoms with Crippen LogP contribution in [0.1, 0.15) is 120 Å². The number of unbranched alkanes of at least 4 members (excludes halogenated alkanes) is 13. The van der Waals surface area contributed by atoms with Crippen LogP contribution in [0.4, 0.5) is 0 Å². The van der Waals surface area contributed by atoms with E-state index in [0.29, 0.717) is 17.3 Å². The molecular weight excluding hydrogens is 480 g/mol. The van der Waals surface area contributed by atoms with Crippen molar-refractivity contribution in [2.75, 3.05) is 18.1 Å². The lowest BCUT2D eigenvalue weighted by atomic mass is 10.0. The molecule has 7 nitrogen and oxygen atoms in total. The van der Waals surface area contributed by atoms with Crippen LogP contribution in [0.25, 0.3) is 0 Å². The number of ketones is 1. The number of hydrogen-bond acceptors (Lipinski definition) is 5. The van der Waals surface area contributed by atoms with Gasteiger partial charge in [0.25, 0.3) is 11.8 Å². The van der Waals surface area contributed by atoms with Crippen LogP contribution in [-0.4, -0.2) is 47.7 Å². The Morgan fingerprint density at radius 1 is 0.714 bits per heavy atom. The lowest BCUT2D eigenvalue weighted by molar-refractivity contribution is -0.396. The Bertz CT molecular complexity index is 536. The van der Waals surface area contributed by atoms with Gasteiger partial charge in [-0.1, -0.05) is 112 Å². The van der Waals surface area contributed by atoms with E-state index < -0.39 is 11.9 Å². The highest BCUT2D eigenvalue weighted by Gasteiger charge is 2.18. The van der Waals surface area contributed by atoms with E-state index in [1.54, 1.807) is 6.92 Å². The van der Waals surface area contributed by atoms with E-state index >= 15 is 0 Å². The lowest BCUT2D eigenvalue weighted by Crippen LogP contribution is -2.69. The Morgan fingerprint density at radius 2 is 1.09 bits per heavy atom. The predicted octanol–water partition coefficient (Wildman–Crippen LogP) is 4.15. The van der Waals surface area contributed by atoms with Crippen molar-refractivity contribution in [3.8, 4) is 0 Å². The Kier molecular flexibility index (Phi) is 28.9. The van der Waals surface area contributed by atoms with Crippen molar-refractivity contribution in [3.05, 3.63) is 0 Å². The number of rotatable bonds is 24. The standard InChI is InChI=1S/C24H48N4O3S2.C2H6.2H2/c1-20(29)16-14-12-10-8-6-4-2-3-5-7-9-11-13-15-17-28-24(31)22(26)19-33-32-18-21(25)23(27)30;1-2;;/h21-22H,2-19,25-26H2,1H3,(H2,27,30)(H,28,31);1-2H3;2*1H/p+2. The number of carbonyl (C=O) groups is 3. The molecule has 0 aliphatic carbocycles. The van der Waals surface area contributed by atoms with Gasteiger partial charge in [-0.05, 0) is 19.8 Å². The summed E-state index contributed by atoms with van der Waals surface area (Å²) >= 11 is 0. The number of amides is 2. The van der Waals surface area contributed by atoms with Gasteiger partial charge in [0, 0.05) is 15.8 Å². The van der Waals surface area contributed by atoms with Crippen LogP contribution in [-0.2, 0) is 14.4 Å². The summed E-state index contributed by atoms with van der Waals surface area (Å²) < 4.78 is 0. The van der Waals surface area contributed by atoms with Crippen molar-refractivity contribution in [2.45, 2.75) is 129 Å². The summed E-state index contributed by atoms with van der Waals surface area (Å²) in [5.41, 5.74) is 12.8. The quantitative estimate of drug-likeness (QED) is 0.107. The first-order valence-electron chi connectivity index (χ1n) is 13.8. The average molecular weight is 541 g/mol. The van der Waals surface area contributed by atoms with E-state index in [2.05, 4.69) is 16.8 Å².